The molecule has 0 saturated carbocycles. The summed E-state index contributed by atoms with van der Waals surface area (Å²) in [6.07, 6.45) is -4.85. The van der Waals surface area contributed by atoms with Crippen molar-refractivity contribution in [2.24, 2.45) is 0 Å². The van der Waals surface area contributed by atoms with Gasteiger partial charge in [0.25, 0.3) is 0 Å². The van der Waals surface area contributed by atoms with Gasteiger partial charge in [0.2, 0.25) is 5.89 Å². The summed E-state index contributed by atoms with van der Waals surface area (Å²) in [6, 6.07) is 6.52. The number of anilines is 1. The van der Waals surface area contributed by atoms with Crippen LogP contribution in [0.25, 0.3) is 11.5 Å². The molecule has 1 fully saturated rings. The normalized spacial score (nSPS) is 14.9. The monoisotopic (exact) mass is 534 g/mol. The van der Waals surface area contributed by atoms with Crippen LogP contribution in [0.15, 0.2) is 40.8 Å². The SMILES string of the molecule is O=C(N1CCS(=O)CC1)N(Cc1ccc(-c2nnc(C(F)(F)F)o2)cc1F)c1ccc(F)c(Cl)c1. The standard InChI is InChI=1S/C21H16ClF5N4O3S/c22-15-10-14(3-4-16(15)23)31(20(32)30-5-7-35(33)8-6-30)11-13-2-1-12(9-17(13)24)18-28-29-19(34-18)21(25,26)27/h1-4,9-10H,5-8,11H2. The molecule has 186 valence electrons. The zero-order valence-electron chi connectivity index (χ0n) is 17.7. The van der Waals surface area contributed by atoms with Crippen molar-refractivity contribution in [1.29, 1.82) is 0 Å². The summed E-state index contributed by atoms with van der Waals surface area (Å²) in [5.41, 5.74) is 0.123. The first-order valence-corrected chi connectivity index (χ1v) is 12.0. The quantitative estimate of drug-likeness (QED) is 0.446. The number of hydrogen-bond donors (Lipinski definition) is 0. The topological polar surface area (TPSA) is 79.5 Å². The third-order valence-electron chi connectivity index (χ3n) is 5.19. The number of benzene rings is 2. The maximum atomic E-state index is 15.0. The van der Waals surface area contributed by atoms with Crippen LogP contribution in [0.3, 0.4) is 0 Å². The molecule has 14 heteroatoms. The highest BCUT2D eigenvalue weighted by Crippen LogP contribution is 2.31. The molecule has 1 saturated heterocycles. The van der Waals surface area contributed by atoms with Gasteiger partial charge in [0.05, 0.1) is 11.6 Å². The number of urea groups is 1. The van der Waals surface area contributed by atoms with Gasteiger partial charge in [0.1, 0.15) is 11.6 Å². The van der Waals surface area contributed by atoms with Crippen molar-refractivity contribution in [3.05, 3.63) is 64.5 Å². The summed E-state index contributed by atoms with van der Waals surface area (Å²) < 4.78 is 83.0. The molecule has 2 amide bonds. The molecule has 2 aromatic carbocycles. The van der Waals surface area contributed by atoms with Crippen molar-refractivity contribution in [1.82, 2.24) is 15.1 Å². The highest BCUT2D eigenvalue weighted by atomic mass is 35.5. The second-order valence-corrected chi connectivity index (χ2v) is 9.62. The lowest BCUT2D eigenvalue weighted by Gasteiger charge is -2.33. The minimum absolute atomic E-state index is 0.0127. The van der Waals surface area contributed by atoms with Crippen molar-refractivity contribution in [2.45, 2.75) is 12.7 Å². The number of carbonyl (C=O) groups is 1. The van der Waals surface area contributed by atoms with Gasteiger partial charge in [0, 0.05) is 52.2 Å². The van der Waals surface area contributed by atoms with Gasteiger partial charge in [-0.1, -0.05) is 17.7 Å². The van der Waals surface area contributed by atoms with Gasteiger partial charge in [-0.15, -0.1) is 10.2 Å². The Morgan fingerprint density at radius 3 is 2.40 bits per heavy atom. The average Bonchev–Trinajstić information content (AvgIpc) is 3.31. The second-order valence-electron chi connectivity index (χ2n) is 7.52. The molecule has 0 radical (unpaired) electrons. The van der Waals surface area contributed by atoms with E-state index in [1.807, 2.05) is 0 Å². The molecule has 3 aromatic rings. The predicted molar refractivity (Wildman–Crippen MR) is 117 cm³/mol. The number of amides is 2. The van der Waals surface area contributed by atoms with Gasteiger partial charge in [-0.3, -0.25) is 9.11 Å². The molecular formula is C21H16ClF5N4O3S. The lowest BCUT2D eigenvalue weighted by Crippen LogP contribution is -2.48. The Bertz CT molecular complexity index is 1280. The van der Waals surface area contributed by atoms with E-state index in [4.69, 9.17) is 11.6 Å². The maximum absolute atomic E-state index is 15.0. The first-order valence-electron chi connectivity index (χ1n) is 10.1. The first-order chi connectivity index (χ1) is 16.5. The predicted octanol–water partition coefficient (Wildman–Crippen LogP) is 4.88. The summed E-state index contributed by atoms with van der Waals surface area (Å²) in [5.74, 6) is -3.07. The summed E-state index contributed by atoms with van der Waals surface area (Å²) in [7, 11) is -1.04. The Morgan fingerprint density at radius 2 is 1.80 bits per heavy atom. The van der Waals surface area contributed by atoms with Crippen LogP contribution in [0.1, 0.15) is 11.5 Å². The van der Waals surface area contributed by atoms with Crippen LogP contribution in [0.2, 0.25) is 5.02 Å². The molecule has 0 atom stereocenters. The molecule has 1 aliphatic rings. The smallest absolute Gasteiger partial charge is 0.413 e. The molecule has 0 aliphatic carbocycles. The number of halogens is 6. The highest BCUT2D eigenvalue weighted by Gasteiger charge is 2.38. The molecule has 1 aromatic heterocycles. The molecule has 0 N–H and O–H groups in total. The van der Waals surface area contributed by atoms with Crippen LogP contribution < -0.4 is 4.90 Å². The van der Waals surface area contributed by atoms with E-state index in [1.54, 1.807) is 0 Å². The van der Waals surface area contributed by atoms with E-state index in [1.165, 1.54) is 34.1 Å². The molecule has 35 heavy (non-hydrogen) atoms. The second kappa shape index (κ2) is 9.90. The number of hydrogen-bond acceptors (Lipinski definition) is 5. The van der Waals surface area contributed by atoms with E-state index in [0.717, 1.165) is 12.1 Å². The fraction of sp³-hybridized carbons (Fsp3) is 0.286. The lowest BCUT2D eigenvalue weighted by molar-refractivity contribution is -0.156. The molecular weight excluding hydrogens is 519 g/mol. The number of aromatic nitrogens is 2. The number of alkyl halides is 3. The summed E-state index contributed by atoms with van der Waals surface area (Å²) in [5, 5.41) is 5.97. The van der Waals surface area contributed by atoms with Crippen LogP contribution in [-0.4, -0.2) is 49.9 Å². The number of rotatable bonds is 4. The highest BCUT2D eigenvalue weighted by molar-refractivity contribution is 7.85. The van der Waals surface area contributed by atoms with Crippen LogP contribution in [-0.2, 0) is 23.5 Å². The largest absolute Gasteiger partial charge is 0.470 e. The Morgan fingerprint density at radius 1 is 1.09 bits per heavy atom. The van der Waals surface area contributed by atoms with Crippen molar-refractivity contribution in [2.75, 3.05) is 29.5 Å². The zero-order chi connectivity index (χ0) is 25.3. The van der Waals surface area contributed by atoms with Crippen molar-refractivity contribution < 1.29 is 35.4 Å². The fourth-order valence-electron chi connectivity index (χ4n) is 3.36. The van der Waals surface area contributed by atoms with Crippen molar-refractivity contribution in [3.8, 4) is 11.5 Å². The third kappa shape index (κ3) is 5.61. The van der Waals surface area contributed by atoms with E-state index in [-0.39, 0.29) is 53.0 Å². The van der Waals surface area contributed by atoms with Crippen LogP contribution in [0.4, 0.5) is 32.4 Å². The number of carbonyl (C=O) groups excluding carboxylic acids is 1. The Kier molecular flexibility index (Phi) is 7.08. The van der Waals surface area contributed by atoms with Gasteiger partial charge >= 0.3 is 18.1 Å². The Hall–Kier alpha value is -3.06. The molecule has 0 spiro atoms. The number of nitrogens with zero attached hydrogens (tertiary/aromatic N) is 4. The van der Waals surface area contributed by atoms with Crippen LogP contribution in [0, 0.1) is 11.6 Å². The molecule has 2 heterocycles. The molecule has 1 aliphatic heterocycles. The van der Waals surface area contributed by atoms with E-state index in [2.05, 4.69) is 14.6 Å². The van der Waals surface area contributed by atoms with Gasteiger partial charge in [-0.25, -0.2) is 13.6 Å². The van der Waals surface area contributed by atoms with Gasteiger partial charge < -0.3 is 9.32 Å². The van der Waals surface area contributed by atoms with E-state index in [0.29, 0.717) is 0 Å². The minimum atomic E-state index is -4.85. The average molecular weight is 535 g/mol. The summed E-state index contributed by atoms with van der Waals surface area (Å²) >= 11 is 5.88. The van der Waals surface area contributed by atoms with Gasteiger partial charge in [-0.05, 0) is 30.3 Å². The molecule has 4 rings (SSSR count). The molecule has 0 unspecified atom stereocenters. The fourth-order valence-corrected chi connectivity index (χ4v) is 4.58. The van der Waals surface area contributed by atoms with Gasteiger partial charge in [-0.2, -0.15) is 13.2 Å². The zero-order valence-corrected chi connectivity index (χ0v) is 19.3. The molecule has 7 nitrogen and oxygen atoms in total. The summed E-state index contributed by atoms with van der Waals surface area (Å²) in [6.45, 7) is 0.137. The van der Waals surface area contributed by atoms with Crippen molar-refractivity contribution in [3.63, 3.8) is 0 Å². The Balaban J connectivity index is 1.63. The third-order valence-corrected chi connectivity index (χ3v) is 6.76. The van der Waals surface area contributed by atoms with Crippen LogP contribution >= 0.6 is 11.6 Å². The maximum Gasteiger partial charge on any atom is 0.470 e. The molecule has 0 bridgehead atoms. The Labute approximate surface area is 202 Å². The lowest BCUT2D eigenvalue weighted by atomic mass is 10.1. The van der Waals surface area contributed by atoms with Crippen LogP contribution in [0.5, 0.6) is 0 Å². The van der Waals surface area contributed by atoms with E-state index < -0.39 is 46.4 Å². The van der Waals surface area contributed by atoms with E-state index >= 15 is 0 Å². The minimum Gasteiger partial charge on any atom is -0.413 e. The van der Waals surface area contributed by atoms with E-state index in [9.17, 15) is 31.0 Å². The summed E-state index contributed by atoms with van der Waals surface area (Å²) in [4.78, 5) is 15.9. The first kappa shape index (κ1) is 25.0. The van der Waals surface area contributed by atoms with Gasteiger partial charge in [0.15, 0.2) is 0 Å². The van der Waals surface area contributed by atoms with Crippen molar-refractivity contribution >= 4 is 34.1 Å².